The lowest BCUT2D eigenvalue weighted by Crippen LogP contribution is -2.07. The number of imidazole rings is 1. The van der Waals surface area contributed by atoms with E-state index in [0.29, 0.717) is 0 Å². The van der Waals surface area contributed by atoms with E-state index in [1.165, 1.54) is 11.1 Å². The third-order valence-corrected chi connectivity index (χ3v) is 4.31. The van der Waals surface area contributed by atoms with Gasteiger partial charge in [-0.3, -0.25) is 0 Å². The van der Waals surface area contributed by atoms with Crippen LogP contribution in [0.2, 0.25) is 0 Å². The number of H-pyrrole nitrogens is 1. The van der Waals surface area contributed by atoms with E-state index in [2.05, 4.69) is 45.4 Å². The molecule has 0 saturated carbocycles. The molecular formula is C15H14N2S2. The van der Waals surface area contributed by atoms with Crippen molar-refractivity contribution in [1.82, 2.24) is 9.55 Å². The van der Waals surface area contributed by atoms with E-state index in [9.17, 15) is 0 Å². The van der Waals surface area contributed by atoms with Crippen LogP contribution in [-0.4, -0.2) is 9.55 Å². The summed E-state index contributed by atoms with van der Waals surface area (Å²) in [6, 6.07) is 12.7. The Kier molecular flexibility index (Phi) is 3.36. The maximum absolute atomic E-state index is 5.43. The van der Waals surface area contributed by atoms with E-state index < -0.39 is 0 Å². The summed E-state index contributed by atoms with van der Waals surface area (Å²) in [6.45, 7) is 2.18. The largest absolute Gasteiger partial charge is 0.337 e. The zero-order valence-corrected chi connectivity index (χ0v) is 12.2. The molecule has 0 bridgehead atoms. The minimum Gasteiger partial charge on any atom is -0.337 e. The predicted molar refractivity (Wildman–Crippen MR) is 83.2 cm³/mol. The molecule has 96 valence electrons. The van der Waals surface area contributed by atoms with Crippen molar-refractivity contribution >= 4 is 23.6 Å². The van der Waals surface area contributed by atoms with E-state index in [1.807, 2.05) is 24.4 Å². The standard InChI is InChI=1S/C15H14N2S2/c1-11(13-7-8-19-10-13)17-14(9-16-15(17)18)12-5-3-2-4-6-12/h2-11H,1H3,(H,16,18). The Labute approximate surface area is 121 Å². The van der Waals surface area contributed by atoms with Crippen LogP contribution >= 0.6 is 23.6 Å². The van der Waals surface area contributed by atoms with E-state index in [1.54, 1.807) is 11.3 Å². The first kappa shape index (κ1) is 12.4. The van der Waals surface area contributed by atoms with Crippen LogP contribution < -0.4 is 0 Å². The minimum atomic E-state index is 0.236. The monoisotopic (exact) mass is 286 g/mol. The average Bonchev–Trinajstić information content (AvgIpc) is 3.08. The average molecular weight is 286 g/mol. The third kappa shape index (κ3) is 2.29. The van der Waals surface area contributed by atoms with Crippen molar-refractivity contribution in [3.05, 3.63) is 63.7 Å². The highest BCUT2D eigenvalue weighted by molar-refractivity contribution is 7.71. The highest BCUT2D eigenvalue weighted by Crippen LogP contribution is 2.27. The molecular weight excluding hydrogens is 272 g/mol. The van der Waals surface area contributed by atoms with Crippen molar-refractivity contribution in [2.75, 3.05) is 0 Å². The van der Waals surface area contributed by atoms with Crippen molar-refractivity contribution in [2.45, 2.75) is 13.0 Å². The van der Waals surface area contributed by atoms with Gasteiger partial charge in [-0.15, -0.1) is 0 Å². The number of rotatable bonds is 3. The molecule has 3 aromatic rings. The van der Waals surface area contributed by atoms with Crippen LogP contribution in [0.3, 0.4) is 0 Å². The number of hydrogen-bond acceptors (Lipinski definition) is 2. The summed E-state index contributed by atoms with van der Waals surface area (Å²) >= 11 is 7.15. The first-order valence-corrected chi connectivity index (χ1v) is 7.50. The maximum atomic E-state index is 5.43. The summed E-state index contributed by atoms with van der Waals surface area (Å²) in [5.74, 6) is 0. The molecule has 0 radical (unpaired) electrons. The fourth-order valence-electron chi connectivity index (χ4n) is 2.26. The van der Waals surface area contributed by atoms with Crippen LogP contribution in [0.15, 0.2) is 53.4 Å². The molecule has 19 heavy (non-hydrogen) atoms. The molecule has 0 fully saturated rings. The topological polar surface area (TPSA) is 20.7 Å². The van der Waals surface area contributed by atoms with E-state index in [0.717, 1.165) is 10.5 Å². The van der Waals surface area contributed by atoms with Crippen LogP contribution in [0.1, 0.15) is 18.5 Å². The predicted octanol–water partition coefficient (Wildman–Crippen LogP) is 4.88. The van der Waals surface area contributed by atoms with E-state index in [-0.39, 0.29) is 6.04 Å². The summed E-state index contributed by atoms with van der Waals surface area (Å²) in [4.78, 5) is 3.16. The zero-order valence-electron chi connectivity index (χ0n) is 10.5. The molecule has 2 heterocycles. The Hall–Kier alpha value is -1.65. The van der Waals surface area contributed by atoms with Gasteiger partial charge in [0.05, 0.1) is 11.7 Å². The molecule has 0 aliphatic rings. The number of aromatic amines is 1. The fourth-order valence-corrected chi connectivity index (χ4v) is 3.32. The van der Waals surface area contributed by atoms with Crippen LogP contribution in [0.5, 0.6) is 0 Å². The summed E-state index contributed by atoms with van der Waals surface area (Å²) in [6.07, 6.45) is 1.99. The second-order valence-corrected chi connectivity index (χ2v) is 5.61. The van der Waals surface area contributed by atoms with Gasteiger partial charge in [-0.2, -0.15) is 11.3 Å². The van der Waals surface area contributed by atoms with Gasteiger partial charge < -0.3 is 9.55 Å². The molecule has 0 aliphatic carbocycles. The molecule has 1 unspecified atom stereocenters. The van der Waals surface area contributed by atoms with Crippen LogP contribution in [-0.2, 0) is 0 Å². The molecule has 0 spiro atoms. The molecule has 0 amide bonds. The first-order valence-electron chi connectivity index (χ1n) is 6.15. The second-order valence-electron chi connectivity index (χ2n) is 4.45. The smallest absolute Gasteiger partial charge is 0.178 e. The van der Waals surface area contributed by atoms with E-state index in [4.69, 9.17) is 12.2 Å². The lowest BCUT2D eigenvalue weighted by molar-refractivity contribution is 0.638. The number of nitrogens with zero attached hydrogens (tertiary/aromatic N) is 1. The quantitative estimate of drug-likeness (QED) is 0.680. The molecule has 1 atom stereocenters. The van der Waals surface area contributed by atoms with Crippen LogP contribution in [0, 0.1) is 4.77 Å². The van der Waals surface area contributed by atoms with Crippen molar-refractivity contribution in [1.29, 1.82) is 0 Å². The number of nitrogens with one attached hydrogen (secondary N) is 1. The highest BCUT2D eigenvalue weighted by Gasteiger charge is 2.14. The van der Waals surface area contributed by atoms with Gasteiger partial charge in [0.25, 0.3) is 0 Å². The Morgan fingerprint density at radius 1 is 1.21 bits per heavy atom. The van der Waals surface area contributed by atoms with Crippen LogP contribution in [0.4, 0.5) is 0 Å². The van der Waals surface area contributed by atoms with Gasteiger partial charge in [0.1, 0.15) is 0 Å². The van der Waals surface area contributed by atoms with Crippen LogP contribution in [0.25, 0.3) is 11.3 Å². The summed E-state index contributed by atoms with van der Waals surface area (Å²) in [5.41, 5.74) is 3.60. The van der Waals surface area contributed by atoms with Gasteiger partial charge in [-0.05, 0) is 47.1 Å². The summed E-state index contributed by atoms with van der Waals surface area (Å²) < 4.78 is 2.93. The van der Waals surface area contributed by atoms with E-state index >= 15 is 0 Å². The summed E-state index contributed by atoms with van der Waals surface area (Å²) in [7, 11) is 0. The summed E-state index contributed by atoms with van der Waals surface area (Å²) in [5, 5.41) is 4.28. The normalized spacial score (nSPS) is 12.5. The fraction of sp³-hybridized carbons (Fsp3) is 0.133. The molecule has 1 aromatic carbocycles. The lowest BCUT2D eigenvalue weighted by Gasteiger charge is -2.16. The maximum Gasteiger partial charge on any atom is 0.178 e. The molecule has 2 aromatic heterocycles. The van der Waals surface area contributed by atoms with Gasteiger partial charge in [0.2, 0.25) is 0 Å². The van der Waals surface area contributed by atoms with Crippen molar-refractivity contribution < 1.29 is 0 Å². The second kappa shape index (κ2) is 5.15. The number of thiophene rings is 1. The zero-order chi connectivity index (χ0) is 13.2. The number of aromatic nitrogens is 2. The van der Waals surface area contributed by atoms with Crippen molar-refractivity contribution in [3.8, 4) is 11.3 Å². The molecule has 0 aliphatic heterocycles. The molecule has 3 rings (SSSR count). The minimum absolute atomic E-state index is 0.236. The molecule has 1 N–H and O–H groups in total. The van der Waals surface area contributed by atoms with Gasteiger partial charge in [0, 0.05) is 6.20 Å². The van der Waals surface area contributed by atoms with Crippen molar-refractivity contribution in [3.63, 3.8) is 0 Å². The number of benzene rings is 1. The van der Waals surface area contributed by atoms with Gasteiger partial charge in [-0.1, -0.05) is 30.3 Å². The Balaban J connectivity index is 2.12. The van der Waals surface area contributed by atoms with Crippen molar-refractivity contribution in [2.24, 2.45) is 0 Å². The SMILES string of the molecule is CC(c1ccsc1)n1c(-c2ccccc2)c[nH]c1=S. The lowest BCUT2D eigenvalue weighted by atomic mass is 10.1. The van der Waals surface area contributed by atoms with Gasteiger partial charge >= 0.3 is 0 Å². The Bertz CT molecular complexity index is 708. The molecule has 4 heteroatoms. The molecule has 0 saturated heterocycles. The third-order valence-electron chi connectivity index (χ3n) is 3.29. The highest BCUT2D eigenvalue weighted by atomic mass is 32.1. The van der Waals surface area contributed by atoms with Gasteiger partial charge in [-0.25, -0.2) is 0 Å². The van der Waals surface area contributed by atoms with Gasteiger partial charge in [0.15, 0.2) is 4.77 Å². The Morgan fingerprint density at radius 3 is 2.68 bits per heavy atom. The Morgan fingerprint density at radius 2 is 2.00 bits per heavy atom. The first-order chi connectivity index (χ1) is 9.27. The molecule has 2 nitrogen and oxygen atoms in total. The number of hydrogen-bond donors (Lipinski definition) is 1.